The molecule has 1 atom stereocenters. The smallest absolute Gasteiger partial charge is 0.183 e. The number of aromatic nitrogens is 1. The first-order valence-electron chi connectivity index (χ1n) is 9.23. The Morgan fingerprint density at radius 2 is 2.04 bits per heavy atom. The maximum atomic E-state index is 13.8. The Morgan fingerprint density at radius 3 is 2.81 bits per heavy atom. The topological polar surface area (TPSA) is 34.6 Å². The molecule has 0 saturated carbocycles. The van der Waals surface area contributed by atoms with Crippen LogP contribution in [0, 0.1) is 11.7 Å². The number of halogens is 1. The number of pyridine rings is 1. The summed E-state index contributed by atoms with van der Waals surface area (Å²) in [5.41, 5.74) is 1.72. The zero-order valence-electron chi connectivity index (χ0n) is 15.6. The first kappa shape index (κ1) is 18.6. The number of piperidine rings is 1. The van der Waals surface area contributed by atoms with Crippen LogP contribution < -0.4 is 9.47 Å². The summed E-state index contributed by atoms with van der Waals surface area (Å²) in [5, 5.41) is 0. The number of aryl methyl sites for hydroxylation is 1. The molecule has 2 heterocycles. The SMILES string of the molecule is COc1ccnc(CN2CCC[C@@H](CCc3ccccc3F)C2)c1OC. The summed E-state index contributed by atoms with van der Waals surface area (Å²) in [7, 11) is 3.29. The minimum absolute atomic E-state index is 0.0921. The molecule has 1 saturated heterocycles. The van der Waals surface area contributed by atoms with E-state index >= 15 is 0 Å². The second kappa shape index (κ2) is 8.99. The average Bonchev–Trinajstić information content (AvgIpc) is 2.67. The number of benzene rings is 1. The molecule has 1 aliphatic heterocycles. The molecule has 0 unspecified atom stereocenters. The molecule has 26 heavy (non-hydrogen) atoms. The van der Waals surface area contributed by atoms with E-state index in [0.717, 1.165) is 50.2 Å². The lowest BCUT2D eigenvalue weighted by Crippen LogP contribution is -2.35. The van der Waals surface area contributed by atoms with Crippen LogP contribution in [0.1, 0.15) is 30.5 Å². The summed E-state index contributed by atoms with van der Waals surface area (Å²) in [4.78, 5) is 6.90. The van der Waals surface area contributed by atoms with Crippen LogP contribution in [0.3, 0.4) is 0 Å². The summed E-state index contributed by atoms with van der Waals surface area (Å²) in [5.74, 6) is 1.92. The molecule has 0 radical (unpaired) electrons. The highest BCUT2D eigenvalue weighted by Crippen LogP contribution is 2.31. The molecule has 3 rings (SSSR count). The van der Waals surface area contributed by atoms with Crippen LogP contribution in [0.25, 0.3) is 0 Å². The van der Waals surface area contributed by atoms with Crippen molar-refractivity contribution in [2.24, 2.45) is 5.92 Å². The molecule has 0 spiro atoms. The van der Waals surface area contributed by atoms with Crippen LogP contribution >= 0.6 is 0 Å². The zero-order chi connectivity index (χ0) is 18.4. The lowest BCUT2D eigenvalue weighted by molar-refractivity contribution is 0.158. The summed E-state index contributed by atoms with van der Waals surface area (Å²) in [6, 6.07) is 8.90. The Morgan fingerprint density at radius 1 is 1.19 bits per heavy atom. The van der Waals surface area contributed by atoms with Crippen LogP contribution in [0.15, 0.2) is 36.5 Å². The van der Waals surface area contributed by atoms with Gasteiger partial charge in [0.2, 0.25) is 0 Å². The van der Waals surface area contributed by atoms with Gasteiger partial charge in [0, 0.05) is 25.4 Å². The van der Waals surface area contributed by atoms with E-state index in [4.69, 9.17) is 9.47 Å². The van der Waals surface area contributed by atoms with Crippen LogP contribution in [-0.4, -0.2) is 37.2 Å². The van der Waals surface area contributed by atoms with Gasteiger partial charge >= 0.3 is 0 Å². The third kappa shape index (κ3) is 4.52. The third-order valence-corrected chi connectivity index (χ3v) is 5.12. The fourth-order valence-corrected chi connectivity index (χ4v) is 3.77. The molecule has 2 aromatic rings. The van der Waals surface area contributed by atoms with E-state index in [2.05, 4.69) is 9.88 Å². The minimum atomic E-state index is -0.0921. The van der Waals surface area contributed by atoms with Gasteiger partial charge in [0.05, 0.1) is 14.2 Å². The van der Waals surface area contributed by atoms with Gasteiger partial charge in [0.1, 0.15) is 11.5 Å². The average molecular weight is 358 g/mol. The van der Waals surface area contributed by atoms with Crippen molar-refractivity contribution in [1.82, 2.24) is 9.88 Å². The van der Waals surface area contributed by atoms with Crippen LogP contribution in [-0.2, 0) is 13.0 Å². The highest BCUT2D eigenvalue weighted by atomic mass is 19.1. The highest BCUT2D eigenvalue weighted by molar-refractivity contribution is 5.42. The number of ether oxygens (including phenoxy) is 2. The number of rotatable bonds is 7. The predicted molar refractivity (Wildman–Crippen MR) is 100 cm³/mol. The van der Waals surface area contributed by atoms with Crippen molar-refractivity contribution < 1.29 is 13.9 Å². The molecule has 1 aromatic carbocycles. The van der Waals surface area contributed by atoms with Crippen LogP contribution in [0.5, 0.6) is 11.5 Å². The van der Waals surface area contributed by atoms with Crippen molar-refractivity contribution in [3.05, 3.63) is 53.6 Å². The van der Waals surface area contributed by atoms with E-state index in [-0.39, 0.29) is 5.82 Å². The zero-order valence-corrected chi connectivity index (χ0v) is 15.6. The second-order valence-corrected chi connectivity index (χ2v) is 6.87. The van der Waals surface area contributed by atoms with Gasteiger partial charge < -0.3 is 9.47 Å². The van der Waals surface area contributed by atoms with Crippen molar-refractivity contribution in [2.45, 2.75) is 32.2 Å². The predicted octanol–water partition coefficient (Wildman–Crippen LogP) is 4.08. The first-order chi connectivity index (χ1) is 12.7. The maximum absolute atomic E-state index is 13.8. The molecule has 0 N–H and O–H groups in total. The van der Waals surface area contributed by atoms with Gasteiger partial charge in [-0.3, -0.25) is 9.88 Å². The number of likely N-dealkylation sites (tertiary alicyclic amines) is 1. The largest absolute Gasteiger partial charge is 0.493 e. The van der Waals surface area contributed by atoms with Gasteiger partial charge in [-0.15, -0.1) is 0 Å². The summed E-state index contributed by atoms with van der Waals surface area (Å²) in [6.07, 6.45) is 5.93. The number of hydrogen-bond donors (Lipinski definition) is 0. The second-order valence-electron chi connectivity index (χ2n) is 6.87. The molecule has 0 bridgehead atoms. The van der Waals surface area contributed by atoms with E-state index in [1.807, 2.05) is 18.2 Å². The standard InChI is InChI=1S/C21H27FN2O2/c1-25-20-11-12-23-19(21(20)26-2)15-24-13-5-6-16(14-24)9-10-17-7-3-4-8-18(17)22/h3-4,7-8,11-12,16H,5-6,9-10,13-15H2,1-2H3/t16-/m0/s1. The van der Waals surface area contributed by atoms with Gasteiger partial charge in [-0.2, -0.15) is 0 Å². The number of methoxy groups -OCH3 is 2. The molecule has 1 fully saturated rings. The Bertz CT molecular complexity index is 723. The van der Waals surface area contributed by atoms with E-state index in [9.17, 15) is 4.39 Å². The molecule has 0 aliphatic carbocycles. The van der Waals surface area contributed by atoms with Crippen LogP contribution in [0.2, 0.25) is 0 Å². The van der Waals surface area contributed by atoms with Crippen molar-refractivity contribution in [3.8, 4) is 11.5 Å². The minimum Gasteiger partial charge on any atom is -0.493 e. The number of hydrogen-bond acceptors (Lipinski definition) is 4. The van der Waals surface area contributed by atoms with Crippen molar-refractivity contribution >= 4 is 0 Å². The van der Waals surface area contributed by atoms with Gasteiger partial charge in [0.15, 0.2) is 11.5 Å². The monoisotopic (exact) mass is 358 g/mol. The molecular weight excluding hydrogens is 331 g/mol. The van der Waals surface area contributed by atoms with Gasteiger partial charge in [-0.05, 0) is 49.8 Å². The third-order valence-electron chi connectivity index (χ3n) is 5.12. The first-order valence-corrected chi connectivity index (χ1v) is 9.23. The van der Waals surface area contributed by atoms with Crippen molar-refractivity contribution in [1.29, 1.82) is 0 Å². The van der Waals surface area contributed by atoms with Gasteiger partial charge in [-0.1, -0.05) is 18.2 Å². The molecule has 5 heteroatoms. The van der Waals surface area contributed by atoms with E-state index in [1.165, 1.54) is 6.42 Å². The summed E-state index contributed by atoms with van der Waals surface area (Å²) >= 11 is 0. The number of nitrogens with zero attached hydrogens (tertiary/aromatic N) is 2. The highest BCUT2D eigenvalue weighted by Gasteiger charge is 2.22. The quantitative estimate of drug-likeness (QED) is 0.747. The van der Waals surface area contributed by atoms with Gasteiger partial charge in [0.25, 0.3) is 0 Å². The fraction of sp³-hybridized carbons (Fsp3) is 0.476. The van der Waals surface area contributed by atoms with Crippen molar-refractivity contribution in [3.63, 3.8) is 0 Å². The Balaban J connectivity index is 1.60. The summed E-state index contributed by atoms with van der Waals surface area (Å²) < 4.78 is 24.7. The van der Waals surface area contributed by atoms with E-state index in [1.54, 1.807) is 32.5 Å². The molecule has 140 valence electrons. The molecule has 0 amide bonds. The Kier molecular flexibility index (Phi) is 6.45. The van der Waals surface area contributed by atoms with E-state index < -0.39 is 0 Å². The summed E-state index contributed by atoms with van der Waals surface area (Å²) in [6.45, 7) is 2.81. The molecule has 1 aliphatic rings. The Labute approximate surface area is 155 Å². The maximum Gasteiger partial charge on any atom is 0.183 e. The molecular formula is C21H27FN2O2. The molecule has 1 aromatic heterocycles. The normalized spacial score (nSPS) is 17.9. The molecule has 4 nitrogen and oxygen atoms in total. The lowest BCUT2D eigenvalue weighted by atomic mass is 9.91. The van der Waals surface area contributed by atoms with Crippen LogP contribution in [0.4, 0.5) is 4.39 Å². The van der Waals surface area contributed by atoms with Gasteiger partial charge in [-0.25, -0.2) is 4.39 Å². The lowest BCUT2D eigenvalue weighted by Gasteiger charge is -2.33. The fourth-order valence-electron chi connectivity index (χ4n) is 3.77. The van der Waals surface area contributed by atoms with E-state index in [0.29, 0.717) is 17.4 Å². The Hall–Kier alpha value is -2.14. The van der Waals surface area contributed by atoms with Crippen molar-refractivity contribution in [2.75, 3.05) is 27.3 Å².